The lowest BCUT2D eigenvalue weighted by molar-refractivity contribution is 0.0853. The van der Waals surface area contributed by atoms with Gasteiger partial charge in [0.05, 0.1) is 34.9 Å². The Bertz CT molecular complexity index is 1370. The third-order valence-electron chi connectivity index (χ3n) is 5.48. The van der Waals surface area contributed by atoms with Gasteiger partial charge in [-0.2, -0.15) is 10.4 Å². The molecule has 1 aliphatic carbocycles. The number of nitrogens with one attached hydrogen (secondary N) is 2. The predicted octanol–water partition coefficient (Wildman–Crippen LogP) is 2.83. The Morgan fingerprint density at radius 2 is 2.00 bits per heavy atom. The summed E-state index contributed by atoms with van der Waals surface area (Å²) in [6, 6.07) is 8.44. The van der Waals surface area contributed by atoms with E-state index in [4.69, 9.17) is 0 Å². The molecule has 2 atom stereocenters. The number of hydrogen-bond donors (Lipinski definition) is 2. The Morgan fingerprint density at radius 1 is 1.34 bits per heavy atom. The molecule has 168 valence electrons. The van der Waals surface area contributed by atoms with Crippen LogP contribution in [0.2, 0.25) is 0 Å². The molecule has 32 heavy (non-hydrogen) atoms. The van der Waals surface area contributed by atoms with E-state index in [2.05, 4.69) is 15.4 Å². The van der Waals surface area contributed by atoms with Gasteiger partial charge in [0.2, 0.25) is 10.0 Å². The molecule has 1 fully saturated rings. The molecule has 0 amide bonds. The van der Waals surface area contributed by atoms with Gasteiger partial charge in [-0.05, 0) is 30.3 Å². The average molecular weight is 462 g/mol. The van der Waals surface area contributed by atoms with Gasteiger partial charge in [0, 0.05) is 32.4 Å². The monoisotopic (exact) mass is 462 g/mol. The number of hydrogen-bond acceptors (Lipinski definition) is 6. The van der Waals surface area contributed by atoms with Gasteiger partial charge in [-0.25, -0.2) is 21.5 Å². The van der Waals surface area contributed by atoms with Crippen LogP contribution in [0, 0.1) is 17.2 Å². The van der Waals surface area contributed by atoms with Crippen LogP contribution >= 0.6 is 0 Å². The van der Waals surface area contributed by atoms with E-state index in [-0.39, 0.29) is 28.9 Å². The first-order chi connectivity index (χ1) is 15.1. The first-order valence-electron chi connectivity index (χ1n) is 9.70. The zero-order valence-corrected chi connectivity index (χ0v) is 18.0. The van der Waals surface area contributed by atoms with Crippen molar-refractivity contribution in [2.24, 2.45) is 5.92 Å². The highest BCUT2D eigenvalue weighted by molar-refractivity contribution is 7.89. The fraction of sp³-hybridized carbons (Fsp3) is 0.350. The Kier molecular flexibility index (Phi) is 5.26. The van der Waals surface area contributed by atoms with E-state index in [9.17, 15) is 27.3 Å². The molecule has 1 aliphatic rings. The smallest absolute Gasteiger partial charge is 0.261 e. The van der Waals surface area contributed by atoms with E-state index in [0.717, 1.165) is 4.31 Å². The molecule has 0 saturated heterocycles. The highest BCUT2D eigenvalue weighted by atomic mass is 32.2. The molecule has 0 aliphatic heterocycles. The number of halogens is 2. The van der Waals surface area contributed by atoms with Gasteiger partial charge in [0.1, 0.15) is 5.39 Å². The molecular formula is C20H20F2N6O3S. The largest absolute Gasteiger partial charge is 0.338 e. The summed E-state index contributed by atoms with van der Waals surface area (Å²) in [5.74, 6) is -3.78. The second kappa shape index (κ2) is 7.68. The van der Waals surface area contributed by atoms with Gasteiger partial charge in [-0.1, -0.05) is 0 Å². The average Bonchev–Trinajstić information content (AvgIpc) is 3.21. The lowest BCUT2D eigenvalue weighted by Crippen LogP contribution is -2.22. The van der Waals surface area contributed by atoms with Gasteiger partial charge >= 0.3 is 0 Å². The molecule has 2 unspecified atom stereocenters. The van der Waals surface area contributed by atoms with Gasteiger partial charge in [-0.15, -0.1) is 0 Å². The molecule has 4 rings (SSSR count). The summed E-state index contributed by atoms with van der Waals surface area (Å²) in [6.07, 6.45) is 0.872. The van der Waals surface area contributed by atoms with Gasteiger partial charge in [0.15, 0.2) is 5.82 Å². The number of aromatic nitrogens is 3. The molecule has 1 saturated carbocycles. The number of sulfonamides is 1. The third-order valence-corrected chi connectivity index (χ3v) is 7.31. The van der Waals surface area contributed by atoms with Crippen molar-refractivity contribution < 1.29 is 17.2 Å². The number of H-pyrrole nitrogens is 1. The number of anilines is 2. The maximum Gasteiger partial charge on any atom is 0.261 e. The van der Waals surface area contributed by atoms with E-state index in [1.54, 1.807) is 6.07 Å². The predicted molar refractivity (Wildman–Crippen MR) is 113 cm³/mol. The van der Waals surface area contributed by atoms with Crippen molar-refractivity contribution >= 4 is 32.4 Å². The Hall–Kier alpha value is -3.30. The normalized spacial score (nSPS) is 18.4. The van der Waals surface area contributed by atoms with Crippen molar-refractivity contribution in [1.82, 2.24) is 19.1 Å². The van der Waals surface area contributed by atoms with Crippen molar-refractivity contribution in [1.29, 1.82) is 5.26 Å². The number of nitrogens with zero attached hydrogens (tertiary/aromatic N) is 4. The second-order valence-electron chi connectivity index (χ2n) is 7.80. The summed E-state index contributed by atoms with van der Waals surface area (Å²) in [5.41, 5.74) is 0.304. The van der Waals surface area contributed by atoms with Crippen LogP contribution in [0.25, 0.3) is 10.9 Å². The minimum Gasteiger partial charge on any atom is -0.338 e. The summed E-state index contributed by atoms with van der Waals surface area (Å²) in [6.45, 7) is 0. The molecule has 2 heterocycles. The SMILES string of the molecule is CN(C)S(=O)(=O)c1ccc(Nc2nn(C(CC#N)C3CC3(F)F)c3cc[nH]c(=O)c23)cc1. The minimum atomic E-state index is -3.61. The zero-order chi connectivity index (χ0) is 23.3. The summed E-state index contributed by atoms with van der Waals surface area (Å²) in [4.78, 5) is 15.1. The van der Waals surface area contributed by atoms with Crippen LogP contribution in [0.15, 0.2) is 46.2 Å². The summed E-state index contributed by atoms with van der Waals surface area (Å²) in [5, 5.41) is 16.7. The highest BCUT2D eigenvalue weighted by Crippen LogP contribution is 2.55. The van der Waals surface area contributed by atoms with Crippen molar-refractivity contribution in [2.75, 3.05) is 19.4 Å². The Morgan fingerprint density at radius 3 is 2.56 bits per heavy atom. The molecule has 0 spiro atoms. The van der Waals surface area contributed by atoms with Crippen LogP contribution < -0.4 is 10.9 Å². The standard InChI is InChI=1S/C20H20F2N6O3S/c1-27(2)32(30,31)13-5-3-12(4-6-13)25-18-17-16(8-10-24-19(17)29)28(26-18)15(7-9-23)14-11-20(14,21)22/h3-6,8,10,14-15H,7,11H2,1-2H3,(H,24,29)(H,25,26). The van der Waals surface area contributed by atoms with Gasteiger partial charge < -0.3 is 10.3 Å². The molecule has 2 aromatic heterocycles. The van der Waals surface area contributed by atoms with Crippen LogP contribution in [-0.2, 0) is 10.0 Å². The number of fused-ring (bicyclic) bond motifs is 1. The van der Waals surface area contributed by atoms with Crippen LogP contribution in [-0.4, -0.2) is 47.5 Å². The third kappa shape index (κ3) is 3.74. The summed E-state index contributed by atoms with van der Waals surface area (Å²) in [7, 11) is -0.757. The lowest BCUT2D eigenvalue weighted by atomic mass is 10.1. The topological polar surface area (TPSA) is 124 Å². The minimum absolute atomic E-state index is 0.0892. The molecule has 2 N–H and O–H groups in total. The van der Waals surface area contributed by atoms with Gasteiger partial charge in [0.25, 0.3) is 11.5 Å². The highest BCUT2D eigenvalue weighted by Gasteiger charge is 2.61. The van der Waals surface area contributed by atoms with E-state index >= 15 is 0 Å². The first kappa shape index (κ1) is 21.9. The Balaban J connectivity index is 1.74. The summed E-state index contributed by atoms with van der Waals surface area (Å²) >= 11 is 0. The van der Waals surface area contributed by atoms with Crippen molar-refractivity contribution in [2.45, 2.75) is 29.7 Å². The van der Waals surface area contributed by atoms with Crippen LogP contribution in [0.5, 0.6) is 0 Å². The molecule has 12 heteroatoms. The Labute approximate surface area is 182 Å². The van der Waals surface area contributed by atoms with Crippen molar-refractivity contribution in [3.63, 3.8) is 0 Å². The first-order valence-corrected chi connectivity index (χ1v) is 11.1. The number of pyridine rings is 1. The van der Waals surface area contributed by atoms with E-state index in [0.29, 0.717) is 11.2 Å². The number of rotatable bonds is 7. The maximum absolute atomic E-state index is 13.8. The van der Waals surface area contributed by atoms with Crippen molar-refractivity contribution in [3.8, 4) is 6.07 Å². The lowest BCUT2D eigenvalue weighted by Gasteiger charge is -2.15. The molecule has 1 aromatic carbocycles. The van der Waals surface area contributed by atoms with Crippen LogP contribution in [0.4, 0.5) is 20.3 Å². The quantitative estimate of drug-likeness (QED) is 0.557. The van der Waals surface area contributed by atoms with Crippen LogP contribution in [0.1, 0.15) is 18.9 Å². The fourth-order valence-corrected chi connectivity index (χ4v) is 4.54. The van der Waals surface area contributed by atoms with E-state index < -0.39 is 33.5 Å². The van der Waals surface area contributed by atoms with Gasteiger partial charge in [-0.3, -0.25) is 9.48 Å². The molecule has 3 aromatic rings. The molecular weight excluding hydrogens is 442 g/mol. The molecule has 9 nitrogen and oxygen atoms in total. The maximum atomic E-state index is 13.8. The van der Waals surface area contributed by atoms with Crippen LogP contribution in [0.3, 0.4) is 0 Å². The van der Waals surface area contributed by atoms with Crippen molar-refractivity contribution in [3.05, 3.63) is 46.9 Å². The number of alkyl halides is 2. The van der Waals surface area contributed by atoms with E-state index in [1.807, 2.05) is 6.07 Å². The number of benzene rings is 1. The van der Waals surface area contributed by atoms with E-state index in [1.165, 1.54) is 49.2 Å². The second-order valence-corrected chi connectivity index (χ2v) is 9.95. The number of nitriles is 1. The molecule has 0 bridgehead atoms. The molecule has 0 radical (unpaired) electrons. The number of aromatic amines is 1. The summed E-state index contributed by atoms with van der Waals surface area (Å²) < 4.78 is 54.5. The zero-order valence-electron chi connectivity index (χ0n) is 17.2. The fourth-order valence-electron chi connectivity index (χ4n) is 3.64.